The number of hydrogen-bond acceptors (Lipinski definition) is 4. The fraction of sp³-hybridized carbons (Fsp3) is 0.160. The number of aliphatic hydroxyl groups is 1. The Balaban J connectivity index is 1.79. The van der Waals surface area contributed by atoms with Gasteiger partial charge in [-0.3, -0.25) is 14.4 Å². The number of carbonyl (C=O) groups excluding carboxylic acids is 3. The first-order valence-electron chi connectivity index (χ1n) is 10.3. The van der Waals surface area contributed by atoms with E-state index in [9.17, 15) is 23.9 Å². The molecular formula is C25H24FN3O4. The third-order valence-electron chi connectivity index (χ3n) is 5.05. The molecule has 3 aromatic rings. The summed E-state index contributed by atoms with van der Waals surface area (Å²) in [5, 5.41) is 15.9. The summed E-state index contributed by atoms with van der Waals surface area (Å²) in [5.74, 6) is -2.72. The summed E-state index contributed by atoms with van der Waals surface area (Å²) in [6, 6.07) is 20.1. The number of primary amides is 1. The molecule has 3 amide bonds. The Morgan fingerprint density at radius 3 is 2.12 bits per heavy atom. The third-order valence-corrected chi connectivity index (χ3v) is 5.05. The average Bonchev–Trinajstić information content (AvgIpc) is 2.82. The number of nitrogens with one attached hydrogen (secondary N) is 2. The maximum absolute atomic E-state index is 13.5. The molecule has 0 heterocycles. The number of hydrogen-bond donors (Lipinski definition) is 4. The Morgan fingerprint density at radius 1 is 0.879 bits per heavy atom. The van der Waals surface area contributed by atoms with Crippen molar-refractivity contribution in [2.45, 2.75) is 24.6 Å². The van der Waals surface area contributed by atoms with Crippen LogP contribution in [-0.2, 0) is 16.0 Å². The molecule has 0 aromatic heterocycles. The van der Waals surface area contributed by atoms with Gasteiger partial charge in [0.05, 0.1) is 6.04 Å². The minimum absolute atomic E-state index is 0.0576. The lowest BCUT2D eigenvalue weighted by atomic mass is 9.99. The van der Waals surface area contributed by atoms with Crippen molar-refractivity contribution in [2.75, 3.05) is 0 Å². The monoisotopic (exact) mass is 449 g/mol. The van der Waals surface area contributed by atoms with Crippen LogP contribution in [0.3, 0.4) is 0 Å². The van der Waals surface area contributed by atoms with Gasteiger partial charge in [0, 0.05) is 12.0 Å². The highest BCUT2D eigenvalue weighted by Crippen LogP contribution is 2.19. The second-order valence-electron chi connectivity index (χ2n) is 7.47. The quantitative estimate of drug-likeness (QED) is 0.398. The van der Waals surface area contributed by atoms with E-state index >= 15 is 0 Å². The van der Waals surface area contributed by atoms with Crippen LogP contribution in [0.1, 0.15) is 27.5 Å². The molecule has 0 saturated heterocycles. The Morgan fingerprint density at radius 2 is 1.52 bits per heavy atom. The molecule has 5 N–H and O–H groups in total. The fourth-order valence-electron chi connectivity index (χ4n) is 3.35. The number of aliphatic hydroxyl groups excluding tert-OH is 1. The van der Waals surface area contributed by atoms with E-state index in [4.69, 9.17) is 5.73 Å². The zero-order valence-electron chi connectivity index (χ0n) is 17.6. The van der Waals surface area contributed by atoms with Crippen molar-refractivity contribution in [3.8, 4) is 0 Å². The summed E-state index contributed by atoms with van der Waals surface area (Å²) in [5.41, 5.74) is 6.71. The van der Waals surface area contributed by atoms with Gasteiger partial charge in [-0.2, -0.15) is 0 Å². The highest BCUT2D eigenvalue weighted by atomic mass is 19.1. The van der Waals surface area contributed by atoms with Crippen molar-refractivity contribution >= 4 is 17.7 Å². The molecule has 0 saturated carbocycles. The van der Waals surface area contributed by atoms with Crippen molar-refractivity contribution in [2.24, 2.45) is 5.73 Å². The minimum atomic E-state index is -1.73. The predicted octanol–water partition coefficient (Wildman–Crippen LogP) is 1.87. The fourth-order valence-corrected chi connectivity index (χ4v) is 3.35. The van der Waals surface area contributed by atoms with Gasteiger partial charge in [-0.1, -0.05) is 60.7 Å². The standard InChI is InChI=1S/C25H24FN3O4/c26-19-13-7-8-16(14-19)15-20(23(27)31)28-25(33)22(30)21(17-9-3-1-4-10-17)29-24(32)18-11-5-2-6-12-18/h1-14,20-22,30H,15H2,(H2,27,31)(H,28,33)(H,29,32)/t20-,21-,22+/m0/s1. The Bertz CT molecular complexity index is 1110. The molecule has 0 aliphatic rings. The van der Waals surface area contributed by atoms with Gasteiger partial charge in [0.2, 0.25) is 5.91 Å². The van der Waals surface area contributed by atoms with Gasteiger partial charge >= 0.3 is 0 Å². The number of benzene rings is 3. The molecular weight excluding hydrogens is 425 g/mol. The van der Waals surface area contributed by atoms with Gasteiger partial charge in [-0.05, 0) is 35.4 Å². The molecule has 0 fully saturated rings. The largest absolute Gasteiger partial charge is 0.381 e. The second kappa shape index (κ2) is 11.0. The molecule has 3 aromatic carbocycles. The van der Waals surface area contributed by atoms with Crippen molar-refractivity contribution in [3.05, 3.63) is 107 Å². The van der Waals surface area contributed by atoms with E-state index in [0.29, 0.717) is 16.7 Å². The van der Waals surface area contributed by atoms with Crippen LogP contribution < -0.4 is 16.4 Å². The topological polar surface area (TPSA) is 122 Å². The molecule has 170 valence electrons. The van der Waals surface area contributed by atoms with E-state index < -0.39 is 41.7 Å². The smallest absolute Gasteiger partial charge is 0.252 e. The average molecular weight is 449 g/mol. The predicted molar refractivity (Wildman–Crippen MR) is 120 cm³/mol. The maximum Gasteiger partial charge on any atom is 0.252 e. The Hall–Kier alpha value is -4.04. The van der Waals surface area contributed by atoms with Crippen LogP contribution in [0.15, 0.2) is 84.9 Å². The zero-order chi connectivity index (χ0) is 23.8. The summed E-state index contributed by atoms with van der Waals surface area (Å²) >= 11 is 0. The van der Waals surface area contributed by atoms with Crippen LogP contribution >= 0.6 is 0 Å². The maximum atomic E-state index is 13.5. The number of amides is 3. The normalized spacial score (nSPS) is 13.4. The molecule has 33 heavy (non-hydrogen) atoms. The van der Waals surface area contributed by atoms with Crippen molar-refractivity contribution in [1.29, 1.82) is 0 Å². The number of rotatable bonds is 9. The Labute approximate surface area is 190 Å². The molecule has 0 aliphatic carbocycles. The number of nitrogens with two attached hydrogens (primary N) is 1. The first-order chi connectivity index (χ1) is 15.8. The second-order valence-corrected chi connectivity index (χ2v) is 7.47. The molecule has 0 bridgehead atoms. The summed E-state index contributed by atoms with van der Waals surface area (Å²) < 4.78 is 13.5. The highest BCUT2D eigenvalue weighted by Gasteiger charge is 2.31. The van der Waals surface area contributed by atoms with Gasteiger partial charge in [0.25, 0.3) is 11.8 Å². The van der Waals surface area contributed by atoms with Gasteiger partial charge in [0.15, 0.2) is 6.10 Å². The van der Waals surface area contributed by atoms with E-state index in [1.165, 1.54) is 18.2 Å². The Kier molecular flexibility index (Phi) is 7.88. The van der Waals surface area contributed by atoms with Crippen LogP contribution in [0.4, 0.5) is 4.39 Å². The van der Waals surface area contributed by atoms with E-state index in [1.54, 1.807) is 66.7 Å². The lowest BCUT2D eigenvalue weighted by Crippen LogP contribution is -2.52. The molecule has 7 nitrogen and oxygen atoms in total. The molecule has 0 unspecified atom stereocenters. The van der Waals surface area contributed by atoms with Gasteiger partial charge in [-0.15, -0.1) is 0 Å². The third kappa shape index (κ3) is 6.47. The zero-order valence-corrected chi connectivity index (χ0v) is 17.6. The van der Waals surface area contributed by atoms with Crippen LogP contribution in [0.25, 0.3) is 0 Å². The molecule has 3 atom stereocenters. The molecule has 0 radical (unpaired) electrons. The van der Waals surface area contributed by atoms with Gasteiger partial charge in [-0.25, -0.2) is 4.39 Å². The highest BCUT2D eigenvalue weighted by molar-refractivity contribution is 5.95. The van der Waals surface area contributed by atoms with Gasteiger partial charge in [0.1, 0.15) is 11.9 Å². The van der Waals surface area contributed by atoms with E-state index in [2.05, 4.69) is 10.6 Å². The molecule has 3 rings (SSSR count). The lowest BCUT2D eigenvalue weighted by Gasteiger charge is -2.26. The van der Waals surface area contributed by atoms with E-state index in [0.717, 1.165) is 0 Å². The van der Waals surface area contributed by atoms with Crippen LogP contribution in [0.2, 0.25) is 0 Å². The first kappa shape index (κ1) is 23.6. The van der Waals surface area contributed by atoms with Crippen molar-refractivity contribution in [3.63, 3.8) is 0 Å². The summed E-state index contributed by atoms with van der Waals surface area (Å²) in [4.78, 5) is 37.5. The van der Waals surface area contributed by atoms with Crippen LogP contribution in [0.5, 0.6) is 0 Å². The summed E-state index contributed by atoms with van der Waals surface area (Å²) in [6.07, 6.45) is -1.78. The lowest BCUT2D eigenvalue weighted by molar-refractivity contribution is -0.134. The van der Waals surface area contributed by atoms with Gasteiger partial charge < -0.3 is 21.5 Å². The SMILES string of the molecule is NC(=O)[C@H](Cc1cccc(F)c1)NC(=O)[C@H](O)[C@@H](NC(=O)c1ccccc1)c1ccccc1. The summed E-state index contributed by atoms with van der Waals surface area (Å²) in [6.45, 7) is 0. The van der Waals surface area contributed by atoms with Crippen LogP contribution in [0, 0.1) is 5.82 Å². The molecule has 0 spiro atoms. The summed E-state index contributed by atoms with van der Waals surface area (Å²) in [7, 11) is 0. The minimum Gasteiger partial charge on any atom is -0.381 e. The first-order valence-corrected chi connectivity index (χ1v) is 10.3. The molecule has 0 aliphatic heterocycles. The van der Waals surface area contributed by atoms with E-state index in [1.807, 2.05) is 0 Å². The number of carbonyl (C=O) groups is 3. The van der Waals surface area contributed by atoms with Crippen LogP contribution in [-0.4, -0.2) is 35.0 Å². The van der Waals surface area contributed by atoms with Crippen molar-refractivity contribution in [1.82, 2.24) is 10.6 Å². The molecule has 8 heteroatoms. The van der Waals surface area contributed by atoms with E-state index in [-0.39, 0.29) is 6.42 Å². The van der Waals surface area contributed by atoms with Crippen molar-refractivity contribution < 1.29 is 23.9 Å². The number of halogens is 1.